The molecule has 3 aromatic rings. The van der Waals surface area contributed by atoms with E-state index in [1.807, 2.05) is 6.07 Å². The van der Waals surface area contributed by atoms with Crippen molar-refractivity contribution in [3.63, 3.8) is 0 Å². The SMILES string of the molecule is Cc1noc(C)c1NC(=O)c1ccc(COc2ccc3c(c2)CCC3)o1. The van der Waals surface area contributed by atoms with Crippen LogP contribution < -0.4 is 10.1 Å². The maximum Gasteiger partial charge on any atom is 0.291 e. The molecule has 0 spiro atoms. The molecule has 1 aliphatic rings. The molecule has 26 heavy (non-hydrogen) atoms. The Balaban J connectivity index is 1.39. The molecule has 6 heteroatoms. The molecule has 1 aliphatic carbocycles. The summed E-state index contributed by atoms with van der Waals surface area (Å²) >= 11 is 0. The number of fused-ring (bicyclic) bond motifs is 1. The number of carbonyl (C=O) groups is 1. The fraction of sp³-hybridized carbons (Fsp3) is 0.300. The summed E-state index contributed by atoms with van der Waals surface area (Å²) in [4.78, 5) is 12.3. The third kappa shape index (κ3) is 3.22. The molecular weight excluding hydrogens is 332 g/mol. The van der Waals surface area contributed by atoms with Crippen molar-refractivity contribution in [2.75, 3.05) is 5.32 Å². The van der Waals surface area contributed by atoms with Crippen molar-refractivity contribution in [1.29, 1.82) is 0 Å². The molecule has 1 N–H and O–H groups in total. The van der Waals surface area contributed by atoms with Crippen LogP contribution in [0.1, 0.15) is 45.3 Å². The molecule has 1 amide bonds. The summed E-state index contributed by atoms with van der Waals surface area (Å²) in [6.45, 7) is 3.79. The maximum atomic E-state index is 12.3. The Kier molecular flexibility index (Phi) is 4.24. The van der Waals surface area contributed by atoms with E-state index in [0.717, 1.165) is 18.6 Å². The lowest BCUT2D eigenvalue weighted by Gasteiger charge is -2.06. The number of carbonyl (C=O) groups excluding carboxylic acids is 1. The summed E-state index contributed by atoms with van der Waals surface area (Å²) in [5, 5.41) is 6.58. The molecule has 2 heterocycles. The number of aryl methyl sites for hydroxylation is 4. The molecule has 0 unspecified atom stereocenters. The lowest BCUT2D eigenvalue weighted by atomic mass is 10.1. The zero-order valence-corrected chi connectivity index (χ0v) is 14.8. The highest BCUT2D eigenvalue weighted by Crippen LogP contribution is 2.26. The van der Waals surface area contributed by atoms with Gasteiger partial charge in [0.2, 0.25) is 0 Å². The van der Waals surface area contributed by atoms with Crippen LogP contribution in [0.15, 0.2) is 39.3 Å². The average Bonchev–Trinajstić information content (AvgIpc) is 3.36. The van der Waals surface area contributed by atoms with Crippen molar-refractivity contribution < 1.29 is 18.5 Å². The van der Waals surface area contributed by atoms with Crippen molar-refractivity contribution in [2.24, 2.45) is 0 Å². The number of benzene rings is 1. The third-order valence-corrected chi connectivity index (χ3v) is 4.61. The molecule has 134 valence electrons. The highest BCUT2D eigenvalue weighted by molar-refractivity contribution is 6.02. The molecule has 2 aromatic heterocycles. The van der Waals surface area contributed by atoms with Crippen LogP contribution in [-0.4, -0.2) is 11.1 Å². The van der Waals surface area contributed by atoms with Gasteiger partial charge in [0.05, 0.1) is 0 Å². The number of anilines is 1. The molecule has 6 nitrogen and oxygen atoms in total. The second-order valence-corrected chi connectivity index (χ2v) is 6.49. The smallest absolute Gasteiger partial charge is 0.291 e. The van der Waals surface area contributed by atoms with E-state index in [1.165, 1.54) is 17.5 Å². The van der Waals surface area contributed by atoms with Crippen LogP contribution in [0.25, 0.3) is 0 Å². The van der Waals surface area contributed by atoms with E-state index >= 15 is 0 Å². The first-order valence-corrected chi connectivity index (χ1v) is 8.67. The zero-order valence-electron chi connectivity index (χ0n) is 14.8. The van der Waals surface area contributed by atoms with Crippen LogP contribution in [0.4, 0.5) is 5.69 Å². The monoisotopic (exact) mass is 352 g/mol. The van der Waals surface area contributed by atoms with Crippen LogP contribution in [0.3, 0.4) is 0 Å². The summed E-state index contributed by atoms with van der Waals surface area (Å²) in [6, 6.07) is 9.58. The summed E-state index contributed by atoms with van der Waals surface area (Å²) in [7, 11) is 0. The molecule has 1 aromatic carbocycles. The van der Waals surface area contributed by atoms with E-state index in [9.17, 15) is 4.79 Å². The first-order chi connectivity index (χ1) is 12.6. The van der Waals surface area contributed by atoms with Crippen LogP contribution in [-0.2, 0) is 19.4 Å². The first-order valence-electron chi connectivity index (χ1n) is 8.67. The summed E-state index contributed by atoms with van der Waals surface area (Å²) in [5.41, 5.74) is 3.97. The second-order valence-electron chi connectivity index (χ2n) is 6.49. The fourth-order valence-electron chi connectivity index (χ4n) is 3.21. The maximum absolute atomic E-state index is 12.3. The zero-order chi connectivity index (χ0) is 18.1. The van der Waals surface area contributed by atoms with Crippen molar-refractivity contribution in [1.82, 2.24) is 5.16 Å². The lowest BCUT2D eigenvalue weighted by Crippen LogP contribution is -2.12. The van der Waals surface area contributed by atoms with Crippen LogP contribution in [0, 0.1) is 13.8 Å². The van der Waals surface area contributed by atoms with Crippen LogP contribution in [0.2, 0.25) is 0 Å². The molecule has 0 aliphatic heterocycles. The van der Waals surface area contributed by atoms with Crippen LogP contribution >= 0.6 is 0 Å². The van der Waals surface area contributed by atoms with Gasteiger partial charge < -0.3 is 19.0 Å². The Morgan fingerprint density at radius 1 is 1.19 bits per heavy atom. The van der Waals surface area contributed by atoms with E-state index in [-0.39, 0.29) is 18.3 Å². The fourth-order valence-corrected chi connectivity index (χ4v) is 3.21. The number of hydrogen-bond donors (Lipinski definition) is 1. The van der Waals surface area contributed by atoms with Gasteiger partial charge in [0, 0.05) is 0 Å². The number of nitrogens with zero attached hydrogens (tertiary/aromatic N) is 1. The Morgan fingerprint density at radius 3 is 2.85 bits per heavy atom. The lowest BCUT2D eigenvalue weighted by molar-refractivity contribution is 0.0992. The van der Waals surface area contributed by atoms with Gasteiger partial charge in [-0.25, -0.2) is 0 Å². The standard InChI is InChI=1S/C20H20N2O4/c1-12-19(13(2)26-22-12)21-20(23)18-9-8-17(25-18)11-24-16-7-6-14-4-3-5-15(14)10-16/h6-10H,3-5,11H2,1-2H3,(H,21,23). The number of rotatable bonds is 5. The average molecular weight is 352 g/mol. The highest BCUT2D eigenvalue weighted by atomic mass is 16.5. The predicted octanol–water partition coefficient (Wildman–Crippen LogP) is 4.20. The van der Waals surface area contributed by atoms with Gasteiger partial charge in [0.15, 0.2) is 11.5 Å². The van der Waals surface area contributed by atoms with Gasteiger partial charge >= 0.3 is 0 Å². The van der Waals surface area contributed by atoms with Gasteiger partial charge in [-0.15, -0.1) is 0 Å². The van der Waals surface area contributed by atoms with Gasteiger partial charge in [-0.1, -0.05) is 11.2 Å². The molecule has 0 fully saturated rings. The summed E-state index contributed by atoms with van der Waals surface area (Å²) < 4.78 is 16.4. The second kappa shape index (κ2) is 6.71. The molecular formula is C20H20N2O4. The van der Waals surface area contributed by atoms with Crippen molar-refractivity contribution in [3.05, 3.63) is 64.4 Å². The summed E-state index contributed by atoms with van der Waals surface area (Å²) in [6.07, 6.45) is 3.47. The quantitative estimate of drug-likeness (QED) is 0.744. The Hall–Kier alpha value is -3.02. The minimum atomic E-state index is -0.344. The normalized spacial score (nSPS) is 12.8. The number of nitrogens with one attached hydrogen (secondary N) is 1. The number of furan rings is 1. The molecule has 0 atom stereocenters. The van der Waals surface area contributed by atoms with Crippen LogP contribution in [0.5, 0.6) is 5.75 Å². The van der Waals surface area contributed by atoms with Gasteiger partial charge in [-0.3, -0.25) is 4.79 Å². The minimum Gasteiger partial charge on any atom is -0.486 e. The molecule has 0 saturated carbocycles. The number of ether oxygens (including phenoxy) is 1. The highest BCUT2D eigenvalue weighted by Gasteiger charge is 2.17. The van der Waals surface area contributed by atoms with E-state index in [4.69, 9.17) is 13.7 Å². The van der Waals surface area contributed by atoms with Crippen molar-refractivity contribution in [3.8, 4) is 5.75 Å². The van der Waals surface area contributed by atoms with Gasteiger partial charge in [0.25, 0.3) is 5.91 Å². The largest absolute Gasteiger partial charge is 0.486 e. The Morgan fingerprint density at radius 2 is 2.04 bits per heavy atom. The van der Waals surface area contributed by atoms with E-state index in [1.54, 1.807) is 26.0 Å². The molecule has 0 radical (unpaired) electrons. The van der Waals surface area contributed by atoms with Gasteiger partial charge in [0.1, 0.15) is 29.5 Å². The van der Waals surface area contributed by atoms with Crippen molar-refractivity contribution in [2.45, 2.75) is 39.7 Å². The Bertz CT molecular complexity index is 935. The minimum absolute atomic E-state index is 0.220. The van der Waals surface area contributed by atoms with Gasteiger partial charge in [-0.2, -0.15) is 0 Å². The number of aromatic nitrogens is 1. The van der Waals surface area contributed by atoms with E-state index in [0.29, 0.717) is 22.9 Å². The molecule has 0 bridgehead atoms. The molecule has 0 saturated heterocycles. The first kappa shape index (κ1) is 16.4. The van der Waals surface area contributed by atoms with Crippen molar-refractivity contribution >= 4 is 11.6 Å². The van der Waals surface area contributed by atoms with E-state index < -0.39 is 0 Å². The predicted molar refractivity (Wildman–Crippen MR) is 95.4 cm³/mol. The van der Waals surface area contributed by atoms with E-state index in [2.05, 4.69) is 22.6 Å². The third-order valence-electron chi connectivity index (χ3n) is 4.61. The number of hydrogen-bond acceptors (Lipinski definition) is 5. The van der Waals surface area contributed by atoms with Gasteiger partial charge in [-0.05, 0) is 68.5 Å². The Labute approximate surface area is 151 Å². The topological polar surface area (TPSA) is 77.5 Å². The summed E-state index contributed by atoms with van der Waals surface area (Å²) in [5.74, 6) is 1.85. The number of amides is 1. The molecule has 4 rings (SSSR count).